The topological polar surface area (TPSA) is 73.7 Å². The molecule has 0 unspecified atom stereocenters. The van der Waals surface area contributed by atoms with E-state index in [1.807, 2.05) is 12.1 Å². The molecule has 1 aliphatic rings. The van der Waals surface area contributed by atoms with Crippen LogP contribution in [0.4, 0.5) is 0 Å². The Bertz CT molecular complexity index is 720. The van der Waals surface area contributed by atoms with E-state index in [9.17, 15) is 15.0 Å². The number of hydrogen-bond acceptors (Lipinski definition) is 4. The molecule has 6 heteroatoms. The highest BCUT2D eigenvalue weighted by Gasteiger charge is 2.35. The van der Waals surface area contributed by atoms with Crippen molar-refractivity contribution in [3.63, 3.8) is 0 Å². The van der Waals surface area contributed by atoms with Gasteiger partial charge in [-0.1, -0.05) is 23.7 Å². The Labute approximate surface area is 145 Å². The molecule has 1 aliphatic heterocycles. The van der Waals surface area contributed by atoms with E-state index >= 15 is 0 Å². The summed E-state index contributed by atoms with van der Waals surface area (Å²) < 4.78 is 0. The highest BCUT2D eigenvalue weighted by molar-refractivity contribution is 6.30. The smallest absolute Gasteiger partial charge is 0.276 e. The van der Waals surface area contributed by atoms with Gasteiger partial charge in [-0.15, -0.1) is 0 Å². The Balaban J connectivity index is 1.85. The van der Waals surface area contributed by atoms with Crippen molar-refractivity contribution >= 4 is 17.5 Å². The number of aliphatic hydroxyl groups is 1. The quantitative estimate of drug-likeness (QED) is 0.896. The van der Waals surface area contributed by atoms with Crippen LogP contribution in [0.3, 0.4) is 0 Å². The minimum absolute atomic E-state index is 0.0210. The number of amides is 1. The molecule has 0 saturated carbocycles. The van der Waals surface area contributed by atoms with Crippen molar-refractivity contribution in [2.75, 3.05) is 6.54 Å². The highest BCUT2D eigenvalue weighted by atomic mass is 35.5. The number of likely N-dealkylation sites (tertiary alicyclic amines) is 1. The normalized spacial score (nSPS) is 20.8. The van der Waals surface area contributed by atoms with Gasteiger partial charge in [-0.3, -0.25) is 4.79 Å². The second-order valence-corrected chi connectivity index (χ2v) is 6.41. The van der Waals surface area contributed by atoms with Crippen LogP contribution in [0, 0.1) is 0 Å². The van der Waals surface area contributed by atoms with Gasteiger partial charge in [0.2, 0.25) is 0 Å². The Morgan fingerprint density at radius 2 is 2.04 bits per heavy atom. The first-order valence-electron chi connectivity index (χ1n) is 7.93. The number of carbonyl (C=O) groups excluding carboxylic acids is 1. The summed E-state index contributed by atoms with van der Waals surface area (Å²) in [5, 5.41) is 21.0. The van der Waals surface area contributed by atoms with Crippen LogP contribution >= 0.6 is 11.6 Å². The van der Waals surface area contributed by atoms with Crippen molar-refractivity contribution < 1.29 is 15.0 Å². The summed E-state index contributed by atoms with van der Waals surface area (Å²) in [7, 11) is 0. The van der Waals surface area contributed by atoms with E-state index in [1.54, 1.807) is 23.1 Å². The number of carbonyl (C=O) groups is 1. The lowest BCUT2D eigenvalue weighted by molar-refractivity contribution is 0.0113. The SMILES string of the molecule is O=C(c1ncccc1O)N1CCC[C@H](O)[C@@H]1Cc1ccc(Cl)cc1. The Hall–Kier alpha value is -2.11. The number of nitrogens with zero attached hydrogens (tertiary/aromatic N) is 2. The van der Waals surface area contributed by atoms with E-state index < -0.39 is 6.10 Å². The number of aromatic nitrogens is 1. The number of halogens is 1. The van der Waals surface area contributed by atoms with Crippen LogP contribution in [0.25, 0.3) is 0 Å². The monoisotopic (exact) mass is 346 g/mol. The van der Waals surface area contributed by atoms with E-state index in [0.717, 1.165) is 12.0 Å². The number of pyridine rings is 1. The lowest BCUT2D eigenvalue weighted by Crippen LogP contribution is -2.52. The number of hydrogen-bond donors (Lipinski definition) is 2. The maximum atomic E-state index is 12.8. The van der Waals surface area contributed by atoms with E-state index in [-0.39, 0.29) is 23.4 Å². The fourth-order valence-electron chi connectivity index (χ4n) is 3.09. The van der Waals surface area contributed by atoms with Gasteiger partial charge in [-0.25, -0.2) is 4.98 Å². The number of rotatable bonds is 3. The Kier molecular flexibility index (Phi) is 5.02. The van der Waals surface area contributed by atoms with Crippen LogP contribution in [0.15, 0.2) is 42.6 Å². The summed E-state index contributed by atoms with van der Waals surface area (Å²) >= 11 is 5.91. The van der Waals surface area contributed by atoms with Crippen molar-refractivity contribution in [2.24, 2.45) is 0 Å². The number of piperidine rings is 1. The van der Waals surface area contributed by atoms with Gasteiger partial charge in [0, 0.05) is 17.8 Å². The van der Waals surface area contributed by atoms with Crippen LogP contribution < -0.4 is 0 Å². The molecule has 1 aromatic heterocycles. The average Bonchev–Trinajstić information content (AvgIpc) is 2.58. The lowest BCUT2D eigenvalue weighted by Gasteiger charge is -2.39. The Morgan fingerprint density at radius 3 is 2.75 bits per heavy atom. The van der Waals surface area contributed by atoms with Crippen LogP contribution in [-0.2, 0) is 6.42 Å². The van der Waals surface area contributed by atoms with E-state index in [1.165, 1.54) is 12.3 Å². The first-order valence-corrected chi connectivity index (χ1v) is 8.31. The first-order chi connectivity index (χ1) is 11.6. The molecule has 1 amide bonds. The fourth-order valence-corrected chi connectivity index (χ4v) is 3.22. The molecule has 2 atom stereocenters. The summed E-state index contributed by atoms with van der Waals surface area (Å²) in [6, 6.07) is 10.0. The predicted octanol–water partition coefficient (Wildman–Crippen LogP) is 2.65. The molecule has 1 fully saturated rings. The molecule has 2 N–H and O–H groups in total. The molecule has 24 heavy (non-hydrogen) atoms. The minimum atomic E-state index is -0.607. The van der Waals surface area contributed by atoms with Crippen molar-refractivity contribution in [3.05, 3.63) is 58.9 Å². The summed E-state index contributed by atoms with van der Waals surface area (Å²) in [6.07, 6.45) is 2.76. The molecule has 0 spiro atoms. The molecule has 2 aromatic rings. The summed E-state index contributed by atoms with van der Waals surface area (Å²) in [5.74, 6) is -0.501. The number of benzene rings is 1. The molecule has 1 saturated heterocycles. The second kappa shape index (κ2) is 7.20. The van der Waals surface area contributed by atoms with Gasteiger partial charge < -0.3 is 15.1 Å². The fraction of sp³-hybridized carbons (Fsp3) is 0.333. The van der Waals surface area contributed by atoms with Crippen LogP contribution in [0.5, 0.6) is 5.75 Å². The van der Waals surface area contributed by atoms with Gasteiger partial charge in [0.25, 0.3) is 5.91 Å². The zero-order valence-electron chi connectivity index (χ0n) is 13.1. The van der Waals surface area contributed by atoms with E-state index in [2.05, 4.69) is 4.98 Å². The average molecular weight is 347 g/mol. The second-order valence-electron chi connectivity index (χ2n) is 5.98. The zero-order valence-corrected chi connectivity index (χ0v) is 13.9. The number of aliphatic hydroxyl groups excluding tert-OH is 1. The lowest BCUT2D eigenvalue weighted by atomic mass is 9.92. The Morgan fingerprint density at radius 1 is 1.29 bits per heavy atom. The molecule has 0 aliphatic carbocycles. The summed E-state index contributed by atoms with van der Waals surface area (Å²) in [4.78, 5) is 18.4. The third kappa shape index (κ3) is 3.52. The van der Waals surface area contributed by atoms with E-state index in [4.69, 9.17) is 11.6 Å². The molecule has 2 heterocycles. The van der Waals surface area contributed by atoms with Gasteiger partial charge in [-0.2, -0.15) is 0 Å². The third-order valence-corrected chi connectivity index (χ3v) is 4.60. The summed E-state index contributed by atoms with van der Waals surface area (Å²) in [5.41, 5.74) is 1.01. The van der Waals surface area contributed by atoms with Gasteiger partial charge in [0.15, 0.2) is 5.69 Å². The third-order valence-electron chi connectivity index (χ3n) is 4.35. The first kappa shape index (κ1) is 16.7. The maximum Gasteiger partial charge on any atom is 0.276 e. The predicted molar refractivity (Wildman–Crippen MR) is 91.1 cm³/mol. The molecule has 3 rings (SSSR count). The molecular weight excluding hydrogens is 328 g/mol. The molecule has 0 radical (unpaired) electrons. The van der Waals surface area contributed by atoms with Crippen LogP contribution in [-0.4, -0.2) is 44.7 Å². The van der Waals surface area contributed by atoms with Crippen molar-refractivity contribution in [1.29, 1.82) is 0 Å². The number of aromatic hydroxyl groups is 1. The van der Waals surface area contributed by atoms with Gasteiger partial charge in [-0.05, 0) is 49.1 Å². The van der Waals surface area contributed by atoms with Gasteiger partial charge >= 0.3 is 0 Å². The van der Waals surface area contributed by atoms with Crippen LogP contribution in [0.1, 0.15) is 28.9 Å². The zero-order chi connectivity index (χ0) is 17.1. The molecule has 126 valence electrons. The maximum absolute atomic E-state index is 12.8. The van der Waals surface area contributed by atoms with Gasteiger partial charge in [0.05, 0.1) is 12.1 Å². The highest BCUT2D eigenvalue weighted by Crippen LogP contribution is 2.25. The molecule has 5 nitrogen and oxygen atoms in total. The van der Waals surface area contributed by atoms with Crippen molar-refractivity contribution in [3.8, 4) is 5.75 Å². The minimum Gasteiger partial charge on any atom is -0.505 e. The van der Waals surface area contributed by atoms with Crippen molar-refractivity contribution in [1.82, 2.24) is 9.88 Å². The van der Waals surface area contributed by atoms with E-state index in [0.29, 0.717) is 24.4 Å². The standard InChI is InChI=1S/C18H19ClN2O3/c19-13-7-5-12(6-8-13)11-14-15(22)4-2-10-21(14)18(24)17-16(23)3-1-9-20-17/h1,3,5-9,14-15,22-23H,2,4,10-11H2/t14-,15-/m0/s1. The van der Waals surface area contributed by atoms with Crippen LogP contribution in [0.2, 0.25) is 5.02 Å². The van der Waals surface area contributed by atoms with Gasteiger partial charge in [0.1, 0.15) is 5.75 Å². The largest absolute Gasteiger partial charge is 0.505 e. The molecule has 1 aromatic carbocycles. The van der Waals surface area contributed by atoms with Crippen molar-refractivity contribution in [2.45, 2.75) is 31.4 Å². The molecule has 0 bridgehead atoms. The summed E-state index contributed by atoms with van der Waals surface area (Å²) in [6.45, 7) is 0.532. The molecular formula is C18H19ClN2O3.